The number of phenols is 1. The SMILES string of the molecule is Cc1ccc(O)c(C(C)N(C)CC2CCCC2)c1. The van der Waals surface area contributed by atoms with E-state index < -0.39 is 0 Å². The van der Waals surface area contributed by atoms with Gasteiger partial charge < -0.3 is 5.11 Å². The van der Waals surface area contributed by atoms with Gasteiger partial charge in [-0.3, -0.25) is 4.90 Å². The molecule has 0 radical (unpaired) electrons. The molecule has 1 aliphatic carbocycles. The number of rotatable bonds is 4. The van der Waals surface area contributed by atoms with E-state index in [2.05, 4.69) is 31.9 Å². The topological polar surface area (TPSA) is 23.5 Å². The summed E-state index contributed by atoms with van der Waals surface area (Å²) in [5.74, 6) is 1.27. The van der Waals surface area contributed by atoms with Crippen molar-refractivity contribution in [1.29, 1.82) is 0 Å². The molecule has 1 aliphatic rings. The van der Waals surface area contributed by atoms with Gasteiger partial charge in [0.1, 0.15) is 5.75 Å². The molecule has 1 unspecified atom stereocenters. The summed E-state index contributed by atoms with van der Waals surface area (Å²) in [6, 6.07) is 6.16. The van der Waals surface area contributed by atoms with Crippen molar-refractivity contribution in [3.05, 3.63) is 29.3 Å². The molecule has 0 saturated heterocycles. The Morgan fingerprint density at radius 2 is 2.00 bits per heavy atom. The van der Waals surface area contributed by atoms with Crippen LogP contribution in [0, 0.1) is 12.8 Å². The minimum Gasteiger partial charge on any atom is -0.508 e. The van der Waals surface area contributed by atoms with Crippen LogP contribution in [0.15, 0.2) is 18.2 Å². The molecule has 0 spiro atoms. The summed E-state index contributed by atoms with van der Waals surface area (Å²) in [6.07, 6.45) is 5.53. The van der Waals surface area contributed by atoms with E-state index in [9.17, 15) is 5.11 Å². The number of hydrogen-bond donors (Lipinski definition) is 1. The van der Waals surface area contributed by atoms with E-state index in [1.807, 2.05) is 12.1 Å². The molecule has 18 heavy (non-hydrogen) atoms. The van der Waals surface area contributed by atoms with Crippen LogP contribution in [0.4, 0.5) is 0 Å². The maximum absolute atomic E-state index is 9.99. The lowest BCUT2D eigenvalue weighted by Crippen LogP contribution is -2.27. The fourth-order valence-corrected chi connectivity index (χ4v) is 3.00. The molecule has 1 N–H and O–H groups in total. The second-order valence-electron chi connectivity index (χ2n) is 5.83. The third-order valence-corrected chi connectivity index (χ3v) is 4.32. The second-order valence-corrected chi connectivity index (χ2v) is 5.83. The maximum atomic E-state index is 9.99. The van der Waals surface area contributed by atoms with Gasteiger partial charge in [0.25, 0.3) is 0 Å². The van der Waals surface area contributed by atoms with Crippen molar-refractivity contribution in [1.82, 2.24) is 4.90 Å². The molecular formula is C16H25NO. The maximum Gasteiger partial charge on any atom is 0.120 e. The summed E-state index contributed by atoms with van der Waals surface area (Å²) < 4.78 is 0. The molecular weight excluding hydrogens is 222 g/mol. The van der Waals surface area contributed by atoms with Crippen molar-refractivity contribution in [3.63, 3.8) is 0 Å². The minimum atomic E-state index is 0.283. The first-order valence-corrected chi connectivity index (χ1v) is 7.07. The Kier molecular flexibility index (Phi) is 4.28. The monoisotopic (exact) mass is 247 g/mol. The van der Waals surface area contributed by atoms with Gasteiger partial charge in [-0.25, -0.2) is 0 Å². The molecule has 0 aliphatic heterocycles. The predicted molar refractivity (Wildman–Crippen MR) is 75.8 cm³/mol. The van der Waals surface area contributed by atoms with E-state index in [-0.39, 0.29) is 6.04 Å². The van der Waals surface area contributed by atoms with E-state index >= 15 is 0 Å². The predicted octanol–water partition coefficient (Wildman–Crippen LogP) is 3.88. The Labute approximate surface area is 111 Å². The molecule has 0 aromatic heterocycles. The first kappa shape index (κ1) is 13.4. The molecule has 1 aromatic rings. The van der Waals surface area contributed by atoms with Crippen LogP contribution in [0.25, 0.3) is 0 Å². The molecule has 100 valence electrons. The highest BCUT2D eigenvalue weighted by Crippen LogP contribution is 2.31. The second kappa shape index (κ2) is 5.75. The molecule has 2 heteroatoms. The minimum absolute atomic E-state index is 0.283. The van der Waals surface area contributed by atoms with Crippen molar-refractivity contribution >= 4 is 0 Å². The van der Waals surface area contributed by atoms with Gasteiger partial charge in [-0.15, -0.1) is 0 Å². The number of hydrogen-bond acceptors (Lipinski definition) is 2. The van der Waals surface area contributed by atoms with E-state index in [4.69, 9.17) is 0 Å². The van der Waals surface area contributed by atoms with E-state index in [1.54, 1.807) is 0 Å². The summed E-state index contributed by atoms with van der Waals surface area (Å²) in [5.41, 5.74) is 2.26. The smallest absolute Gasteiger partial charge is 0.120 e. The number of benzene rings is 1. The highest BCUT2D eigenvalue weighted by atomic mass is 16.3. The molecule has 1 atom stereocenters. The Bertz CT molecular complexity index is 396. The Hall–Kier alpha value is -1.02. The average molecular weight is 247 g/mol. The van der Waals surface area contributed by atoms with Gasteiger partial charge in [-0.1, -0.05) is 30.5 Å². The summed E-state index contributed by atoms with van der Waals surface area (Å²) >= 11 is 0. The summed E-state index contributed by atoms with van der Waals surface area (Å²) in [4.78, 5) is 2.38. The van der Waals surface area contributed by atoms with E-state index in [0.717, 1.165) is 18.0 Å². The lowest BCUT2D eigenvalue weighted by Gasteiger charge is -2.28. The number of aromatic hydroxyl groups is 1. The van der Waals surface area contributed by atoms with Crippen LogP contribution in [0.3, 0.4) is 0 Å². The number of aryl methyl sites for hydroxylation is 1. The fraction of sp³-hybridized carbons (Fsp3) is 0.625. The highest BCUT2D eigenvalue weighted by molar-refractivity contribution is 5.37. The largest absolute Gasteiger partial charge is 0.508 e. The van der Waals surface area contributed by atoms with Crippen LogP contribution in [0.2, 0.25) is 0 Å². The van der Waals surface area contributed by atoms with Crippen molar-refractivity contribution in [2.45, 2.75) is 45.6 Å². The zero-order valence-corrected chi connectivity index (χ0v) is 11.8. The Morgan fingerprint density at radius 1 is 1.33 bits per heavy atom. The number of nitrogens with zero attached hydrogens (tertiary/aromatic N) is 1. The highest BCUT2D eigenvalue weighted by Gasteiger charge is 2.21. The first-order chi connectivity index (χ1) is 8.58. The fourth-order valence-electron chi connectivity index (χ4n) is 3.00. The van der Waals surface area contributed by atoms with Crippen LogP contribution < -0.4 is 0 Å². The van der Waals surface area contributed by atoms with Gasteiger partial charge in [0.2, 0.25) is 0 Å². The van der Waals surface area contributed by atoms with Gasteiger partial charge in [-0.2, -0.15) is 0 Å². The van der Waals surface area contributed by atoms with Crippen molar-refractivity contribution < 1.29 is 5.11 Å². The van der Waals surface area contributed by atoms with Crippen molar-refractivity contribution in [3.8, 4) is 5.75 Å². The summed E-state index contributed by atoms with van der Waals surface area (Å²) in [5, 5.41) is 9.99. The quantitative estimate of drug-likeness (QED) is 0.872. The van der Waals surface area contributed by atoms with Gasteiger partial charge in [0, 0.05) is 18.2 Å². The van der Waals surface area contributed by atoms with Crippen LogP contribution in [0.1, 0.15) is 49.8 Å². The lowest BCUT2D eigenvalue weighted by molar-refractivity contribution is 0.217. The number of phenolic OH excluding ortho intramolecular Hbond substituents is 1. The molecule has 2 nitrogen and oxygen atoms in total. The molecule has 1 aromatic carbocycles. The van der Waals surface area contributed by atoms with Gasteiger partial charge in [-0.05, 0) is 45.7 Å². The zero-order chi connectivity index (χ0) is 13.1. The molecule has 1 saturated carbocycles. The van der Waals surface area contributed by atoms with Gasteiger partial charge in [0.15, 0.2) is 0 Å². The third-order valence-electron chi connectivity index (χ3n) is 4.32. The summed E-state index contributed by atoms with van der Waals surface area (Å²) in [7, 11) is 2.17. The molecule has 1 fully saturated rings. The first-order valence-electron chi connectivity index (χ1n) is 7.07. The van der Waals surface area contributed by atoms with Gasteiger partial charge >= 0.3 is 0 Å². The molecule has 0 amide bonds. The summed E-state index contributed by atoms with van der Waals surface area (Å²) in [6.45, 7) is 5.41. The van der Waals surface area contributed by atoms with Crippen LogP contribution in [-0.2, 0) is 0 Å². The molecule has 0 bridgehead atoms. The lowest BCUT2D eigenvalue weighted by atomic mass is 10.0. The van der Waals surface area contributed by atoms with Crippen molar-refractivity contribution in [2.75, 3.05) is 13.6 Å². The molecule has 2 rings (SSSR count). The van der Waals surface area contributed by atoms with E-state index in [0.29, 0.717) is 5.75 Å². The average Bonchev–Trinajstić information content (AvgIpc) is 2.84. The van der Waals surface area contributed by atoms with Crippen LogP contribution in [-0.4, -0.2) is 23.6 Å². The third kappa shape index (κ3) is 3.05. The van der Waals surface area contributed by atoms with Crippen LogP contribution in [0.5, 0.6) is 5.75 Å². The molecule has 0 heterocycles. The standard InChI is InChI=1S/C16H25NO/c1-12-8-9-16(18)15(10-12)13(2)17(3)11-14-6-4-5-7-14/h8-10,13-14,18H,4-7,11H2,1-3H3. The van der Waals surface area contributed by atoms with Gasteiger partial charge in [0.05, 0.1) is 0 Å². The van der Waals surface area contributed by atoms with E-state index in [1.165, 1.54) is 31.2 Å². The zero-order valence-electron chi connectivity index (χ0n) is 11.8. The normalized spacial score (nSPS) is 18.4. The van der Waals surface area contributed by atoms with Crippen LogP contribution >= 0.6 is 0 Å². The Morgan fingerprint density at radius 3 is 2.67 bits per heavy atom. The van der Waals surface area contributed by atoms with Crippen molar-refractivity contribution in [2.24, 2.45) is 5.92 Å². The Balaban J connectivity index is 2.04.